The number of fused-ring (bicyclic) bond motifs is 1. The summed E-state index contributed by atoms with van der Waals surface area (Å²) in [5, 5.41) is 5.96. The second-order valence-electron chi connectivity index (χ2n) is 6.04. The molecule has 27 heavy (non-hydrogen) atoms. The third-order valence-electron chi connectivity index (χ3n) is 4.28. The molecular formula is C19H17N5O2S. The zero-order chi connectivity index (χ0) is 18.9. The smallest absolute Gasteiger partial charge is 0.241 e. The topological polar surface area (TPSA) is 89.8 Å². The van der Waals surface area contributed by atoms with Gasteiger partial charge in [0.1, 0.15) is 11.4 Å². The van der Waals surface area contributed by atoms with Gasteiger partial charge in [-0.3, -0.25) is 14.6 Å². The first-order valence-electron chi connectivity index (χ1n) is 8.31. The molecule has 0 saturated heterocycles. The monoisotopic (exact) mass is 379 g/mol. The van der Waals surface area contributed by atoms with Crippen LogP contribution >= 0.6 is 0 Å². The SMILES string of the molecule is Cn1nc(-c2cnccn2)cc1CNS(=O)(=O)c1cccc2ccccc12. The number of nitrogens with one attached hydrogen (secondary N) is 1. The lowest BCUT2D eigenvalue weighted by Gasteiger charge is -2.09. The lowest BCUT2D eigenvalue weighted by Crippen LogP contribution is -2.24. The van der Waals surface area contributed by atoms with E-state index < -0.39 is 10.0 Å². The van der Waals surface area contributed by atoms with Crippen molar-refractivity contribution < 1.29 is 8.42 Å². The molecule has 2 aromatic carbocycles. The molecule has 0 radical (unpaired) electrons. The molecule has 7 nitrogen and oxygen atoms in total. The summed E-state index contributed by atoms with van der Waals surface area (Å²) in [6.07, 6.45) is 4.80. The molecule has 2 aromatic heterocycles. The summed E-state index contributed by atoms with van der Waals surface area (Å²) in [6.45, 7) is 0.120. The fourth-order valence-corrected chi connectivity index (χ4v) is 4.13. The number of benzene rings is 2. The predicted octanol–water partition coefficient (Wildman–Crippen LogP) is 2.51. The fraction of sp³-hybridized carbons (Fsp3) is 0.105. The van der Waals surface area contributed by atoms with E-state index in [4.69, 9.17) is 0 Å². The Bertz CT molecular complexity index is 1200. The van der Waals surface area contributed by atoms with Crippen molar-refractivity contribution in [2.45, 2.75) is 11.4 Å². The molecule has 8 heteroatoms. The van der Waals surface area contributed by atoms with Crippen LogP contribution in [0.5, 0.6) is 0 Å². The molecule has 0 saturated carbocycles. The van der Waals surface area contributed by atoms with Crippen LogP contribution in [0.1, 0.15) is 5.69 Å². The number of hydrogen-bond donors (Lipinski definition) is 1. The molecule has 0 atom stereocenters. The van der Waals surface area contributed by atoms with Gasteiger partial charge in [0.05, 0.1) is 23.3 Å². The van der Waals surface area contributed by atoms with Crippen molar-refractivity contribution in [1.29, 1.82) is 0 Å². The first-order valence-corrected chi connectivity index (χ1v) is 9.80. The van der Waals surface area contributed by atoms with Crippen molar-refractivity contribution in [2.75, 3.05) is 0 Å². The molecule has 4 rings (SSSR count). The highest BCUT2D eigenvalue weighted by molar-refractivity contribution is 7.89. The molecule has 0 unspecified atom stereocenters. The molecule has 0 fully saturated rings. The molecule has 0 amide bonds. The number of hydrogen-bond acceptors (Lipinski definition) is 5. The van der Waals surface area contributed by atoms with Crippen LogP contribution in [-0.4, -0.2) is 28.2 Å². The van der Waals surface area contributed by atoms with Gasteiger partial charge in [-0.2, -0.15) is 5.10 Å². The maximum Gasteiger partial charge on any atom is 0.241 e. The molecule has 1 N–H and O–H groups in total. The highest BCUT2D eigenvalue weighted by Crippen LogP contribution is 2.23. The van der Waals surface area contributed by atoms with E-state index in [0.29, 0.717) is 16.8 Å². The van der Waals surface area contributed by atoms with Gasteiger partial charge in [-0.05, 0) is 17.5 Å². The summed E-state index contributed by atoms with van der Waals surface area (Å²) >= 11 is 0. The maximum absolute atomic E-state index is 12.8. The minimum absolute atomic E-state index is 0.120. The third kappa shape index (κ3) is 3.44. The second kappa shape index (κ2) is 6.90. The van der Waals surface area contributed by atoms with Gasteiger partial charge in [0.15, 0.2) is 0 Å². The van der Waals surface area contributed by atoms with E-state index in [1.54, 1.807) is 54.6 Å². The standard InChI is InChI=1S/C19H17N5O2S/c1-24-15(11-17(23-24)18-13-20-9-10-21-18)12-22-27(25,26)19-8-4-6-14-5-2-3-7-16(14)19/h2-11,13,22H,12H2,1H3. The van der Waals surface area contributed by atoms with Crippen molar-refractivity contribution >= 4 is 20.8 Å². The summed E-state index contributed by atoms with van der Waals surface area (Å²) in [5.41, 5.74) is 2.00. The number of aryl methyl sites for hydroxylation is 1. The van der Waals surface area contributed by atoms with Crippen molar-refractivity contribution in [3.05, 3.63) is 72.8 Å². The Morgan fingerprint density at radius 2 is 1.85 bits per heavy atom. The Morgan fingerprint density at radius 1 is 1.04 bits per heavy atom. The third-order valence-corrected chi connectivity index (χ3v) is 5.74. The Hall–Kier alpha value is -3.10. The second-order valence-corrected chi connectivity index (χ2v) is 7.77. The summed E-state index contributed by atoms with van der Waals surface area (Å²) in [4.78, 5) is 8.51. The Labute approximate surface area is 156 Å². The fourth-order valence-electron chi connectivity index (χ4n) is 2.90. The van der Waals surface area contributed by atoms with Crippen LogP contribution in [0.2, 0.25) is 0 Å². The molecule has 0 aliphatic rings. The quantitative estimate of drug-likeness (QED) is 0.575. The summed E-state index contributed by atoms with van der Waals surface area (Å²) in [6, 6.07) is 14.5. The van der Waals surface area contributed by atoms with Gasteiger partial charge in [0.25, 0.3) is 0 Å². The lowest BCUT2D eigenvalue weighted by atomic mass is 10.1. The van der Waals surface area contributed by atoms with Crippen LogP contribution in [-0.2, 0) is 23.6 Å². The zero-order valence-electron chi connectivity index (χ0n) is 14.6. The van der Waals surface area contributed by atoms with Crippen LogP contribution in [0.4, 0.5) is 0 Å². The van der Waals surface area contributed by atoms with Crippen molar-refractivity contribution in [2.24, 2.45) is 7.05 Å². The highest BCUT2D eigenvalue weighted by Gasteiger charge is 2.18. The summed E-state index contributed by atoms with van der Waals surface area (Å²) in [5.74, 6) is 0. The van der Waals surface area contributed by atoms with Crippen LogP contribution in [0.25, 0.3) is 22.2 Å². The van der Waals surface area contributed by atoms with Crippen LogP contribution < -0.4 is 4.72 Å². The Balaban J connectivity index is 1.60. The van der Waals surface area contributed by atoms with E-state index in [1.165, 1.54) is 0 Å². The van der Waals surface area contributed by atoms with E-state index in [1.807, 2.05) is 24.3 Å². The van der Waals surface area contributed by atoms with Gasteiger partial charge in [-0.1, -0.05) is 36.4 Å². The van der Waals surface area contributed by atoms with Gasteiger partial charge < -0.3 is 0 Å². The van der Waals surface area contributed by atoms with E-state index in [2.05, 4.69) is 19.8 Å². The summed E-state index contributed by atoms with van der Waals surface area (Å²) in [7, 11) is -1.91. The molecular weight excluding hydrogens is 362 g/mol. The maximum atomic E-state index is 12.8. The minimum atomic E-state index is -3.68. The normalized spacial score (nSPS) is 11.7. The molecule has 0 bridgehead atoms. The summed E-state index contributed by atoms with van der Waals surface area (Å²) < 4.78 is 30.0. The predicted molar refractivity (Wildman–Crippen MR) is 102 cm³/mol. The first-order chi connectivity index (χ1) is 13.0. The van der Waals surface area contributed by atoms with Crippen LogP contribution in [0.3, 0.4) is 0 Å². The van der Waals surface area contributed by atoms with E-state index in [-0.39, 0.29) is 11.4 Å². The largest absolute Gasteiger partial charge is 0.271 e. The molecule has 136 valence electrons. The van der Waals surface area contributed by atoms with Crippen molar-refractivity contribution in [3.8, 4) is 11.4 Å². The average molecular weight is 379 g/mol. The van der Waals surface area contributed by atoms with E-state index >= 15 is 0 Å². The first kappa shape index (κ1) is 17.3. The number of aromatic nitrogens is 4. The highest BCUT2D eigenvalue weighted by atomic mass is 32.2. The van der Waals surface area contributed by atoms with Crippen molar-refractivity contribution in [1.82, 2.24) is 24.5 Å². The van der Waals surface area contributed by atoms with Gasteiger partial charge in [0.2, 0.25) is 10.0 Å². The average Bonchev–Trinajstić information content (AvgIpc) is 3.07. The Kier molecular flexibility index (Phi) is 4.43. The van der Waals surface area contributed by atoms with Gasteiger partial charge in [-0.15, -0.1) is 0 Å². The van der Waals surface area contributed by atoms with E-state index in [9.17, 15) is 8.42 Å². The molecule has 0 aliphatic carbocycles. The van der Waals surface area contributed by atoms with Gasteiger partial charge in [-0.25, -0.2) is 13.1 Å². The Morgan fingerprint density at radius 3 is 2.67 bits per heavy atom. The number of sulfonamides is 1. The number of nitrogens with zero attached hydrogens (tertiary/aromatic N) is 4. The zero-order valence-corrected chi connectivity index (χ0v) is 15.4. The number of rotatable bonds is 5. The van der Waals surface area contributed by atoms with Gasteiger partial charge >= 0.3 is 0 Å². The van der Waals surface area contributed by atoms with E-state index in [0.717, 1.165) is 11.1 Å². The lowest BCUT2D eigenvalue weighted by molar-refractivity contribution is 0.578. The van der Waals surface area contributed by atoms with Crippen LogP contribution in [0.15, 0.2) is 72.0 Å². The molecule has 2 heterocycles. The van der Waals surface area contributed by atoms with Crippen molar-refractivity contribution in [3.63, 3.8) is 0 Å². The molecule has 0 spiro atoms. The van der Waals surface area contributed by atoms with Gasteiger partial charge in [0, 0.05) is 24.8 Å². The molecule has 4 aromatic rings. The van der Waals surface area contributed by atoms with Crippen LogP contribution in [0, 0.1) is 0 Å². The minimum Gasteiger partial charge on any atom is -0.271 e. The molecule has 0 aliphatic heterocycles.